The summed E-state index contributed by atoms with van der Waals surface area (Å²) in [6.45, 7) is 4.43. The summed E-state index contributed by atoms with van der Waals surface area (Å²) in [4.78, 5) is 29.6. The minimum Gasteiger partial charge on any atom is -0.352 e. The zero-order valence-corrected chi connectivity index (χ0v) is 19.5. The van der Waals surface area contributed by atoms with E-state index in [0.717, 1.165) is 17.9 Å². The van der Waals surface area contributed by atoms with Crippen molar-refractivity contribution in [3.05, 3.63) is 58.4 Å². The largest absolute Gasteiger partial charge is 0.352 e. The molecule has 0 spiro atoms. The van der Waals surface area contributed by atoms with Gasteiger partial charge in [-0.05, 0) is 55.2 Å². The van der Waals surface area contributed by atoms with Gasteiger partial charge in [0.25, 0.3) is 5.91 Å². The van der Waals surface area contributed by atoms with Crippen LogP contribution in [0.2, 0.25) is 5.02 Å². The van der Waals surface area contributed by atoms with E-state index in [9.17, 15) is 14.0 Å². The van der Waals surface area contributed by atoms with Crippen LogP contribution in [0.5, 0.6) is 0 Å². The first-order valence-corrected chi connectivity index (χ1v) is 12.5. The molecule has 0 saturated carbocycles. The van der Waals surface area contributed by atoms with Gasteiger partial charge >= 0.3 is 0 Å². The molecule has 1 saturated heterocycles. The first kappa shape index (κ1) is 23.1. The number of benzene rings is 2. The minimum atomic E-state index is -0.416. The number of quaternary nitrogens is 1. The van der Waals surface area contributed by atoms with Crippen LogP contribution in [0.25, 0.3) is 0 Å². The van der Waals surface area contributed by atoms with Gasteiger partial charge in [-0.15, -0.1) is 11.8 Å². The lowest BCUT2D eigenvalue weighted by Crippen LogP contribution is -3.12. The SMILES string of the molecule is O=C(NCCC[NH+]1CCCCC1)c1ccc2c(c1)N(Cc1ccc(F)cc1Cl)C(=O)CS2. The smallest absolute Gasteiger partial charge is 0.251 e. The topological polar surface area (TPSA) is 53.9 Å². The fraction of sp³-hybridized carbons (Fsp3) is 0.417. The number of rotatable bonds is 7. The molecule has 0 bridgehead atoms. The summed E-state index contributed by atoms with van der Waals surface area (Å²) in [5, 5.41) is 3.29. The zero-order chi connectivity index (χ0) is 22.5. The second kappa shape index (κ2) is 10.7. The molecular formula is C24H28ClFN3O2S+. The van der Waals surface area contributed by atoms with Crippen LogP contribution in [0.1, 0.15) is 41.6 Å². The molecule has 2 aliphatic rings. The maximum atomic E-state index is 13.4. The van der Waals surface area contributed by atoms with E-state index in [2.05, 4.69) is 5.32 Å². The summed E-state index contributed by atoms with van der Waals surface area (Å²) in [7, 11) is 0. The minimum absolute atomic E-state index is 0.0649. The molecule has 170 valence electrons. The van der Waals surface area contributed by atoms with E-state index >= 15 is 0 Å². The molecule has 32 heavy (non-hydrogen) atoms. The first-order valence-electron chi connectivity index (χ1n) is 11.1. The van der Waals surface area contributed by atoms with Crippen molar-refractivity contribution in [3.63, 3.8) is 0 Å². The molecule has 2 N–H and O–H groups in total. The summed E-state index contributed by atoms with van der Waals surface area (Å²) >= 11 is 7.64. The maximum absolute atomic E-state index is 13.4. The van der Waals surface area contributed by atoms with Gasteiger partial charge in [-0.1, -0.05) is 17.7 Å². The lowest BCUT2D eigenvalue weighted by Gasteiger charge is -2.29. The Hall–Kier alpha value is -2.09. The highest BCUT2D eigenvalue weighted by atomic mass is 35.5. The van der Waals surface area contributed by atoms with Crippen molar-refractivity contribution >= 4 is 40.9 Å². The van der Waals surface area contributed by atoms with Crippen molar-refractivity contribution < 1.29 is 18.9 Å². The molecule has 0 unspecified atom stereocenters. The summed E-state index contributed by atoms with van der Waals surface area (Å²) in [5.41, 5.74) is 1.88. The predicted octanol–water partition coefficient (Wildman–Crippen LogP) is 3.31. The van der Waals surface area contributed by atoms with E-state index in [-0.39, 0.29) is 23.4 Å². The average molecular weight is 477 g/mol. The third kappa shape index (κ3) is 5.63. The Morgan fingerprint density at radius 2 is 1.97 bits per heavy atom. The molecule has 2 aliphatic heterocycles. The Kier molecular flexibility index (Phi) is 7.71. The molecule has 2 heterocycles. The lowest BCUT2D eigenvalue weighted by atomic mass is 10.1. The number of thioether (sulfide) groups is 1. The van der Waals surface area contributed by atoms with Gasteiger partial charge in [-0.25, -0.2) is 4.39 Å². The molecule has 2 amide bonds. The van der Waals surface area contributed by atoms with Crippen LogP contribution in [0.4, 0.5) is 10.1 Å². The second-order valence-corrected chi connectivity index (χ2v) is 9.78. The number of nitrogens with one attached hydrogen (secondary N) is 2. The van der Waals surface area contributed by atoms with Crippen LogP contribution in [0.15, 0.2) is 41.3 Å². The van der Waals surface area contributed by atoms with Gasteiger partial charge in [0.2, 0.25) is 5.91 Å². The van der Waals surface area contributed by atoms with E-state index in [1.54, 1.807) is 28.0 Å². The highest BCUT2D eigenvalue weighted by Crippen LogP contribution is 2.37. The Labute approximate surface area is 197 Å². The summed E-state index contributed by atoms with van der Waals surface area (Å²) in [5.74, 6) is -0.300. The van der Waals surface area contributed by atoms with Gasteiger partial charge in [-0.3, -0.25) is 9.59 Å². The predicted molar refractivity (Wildman–Crippen MR) is 126 cm³/mol. The van der Waals surface area contributed by atoms with E-state index in [1.807, 2.05) is 6.07 Å². The van der Waals surface area contributed by atoms with Crippen molar-refractivity contribution in [2.45, 2.75) is 37.1 Å². The van der Waals surface area contributed by atoms with Crippen molar-refractivity contribution in [1.82, 2.24) is 5.32 Å². The molecule has 2 aromatic carbocycles. The average Bonchev–Trinajstić information content (AvgIpc) is 2.80. The number of carbonyl (C=O) groups excluding carboxylic acids is 2. The van der Waals surface area contributed by atoms with E-state index < -0.39 is 5.82 Å². The number of likely N-dealkylation sites (tertiary alicyclic amines) is 1. The third-order valence-corrected chi connectivity index (χ3v) is 7.46. The van der Waals surface area contributed by atoms with Gasteiger partial charge in [0, 0.05) is 28.4 Å². The van der Waals surface area contributed by atoms with Crippen molar-refractivity contribution in [2.75, 3.05) is 36.8 Å². The molecule has 0 atom stereocenters. The molecule has 5 nitrogen and oxygen atoms in total. The van der Waals surface area contributed by atoms with Crippen molar-refractivity contribution in [3.8, 4) is 0 Å². The molecular weight excluding hydrogens is 449 g/mol. The van der Waals surface area contributed by atoms with Crippen LogP contribution in [-0.4, -0.2) is 43.7 Å². The summed E-state index contributed by atoms with van der Waals surface area (Å²) < 4.78 is 13.4. The van der Waals surface area contributed by atoms with Crippen LogP contribution in [0.3, 0.4) is 0 Å². The Morgan fingerprint density at radius 3 is 2.75 bits per heavy atom. The normalized spacial score (nSPS) is 16.7. The Morgan fingerprint density at radius 1 is 1.16 bits per heavy atom. The highest BCUT2D eigenvalue weighted by molar-refractivity contribution is 8.00. The number of hydrogen-bond donors (Lipinski definition) is 2. The zero-order valence-electron chi connectivity index (χ0n) is 18.0. The second-order valence-electron chi connectivity index (χ2n) is 8.36. The molecule has 2 aromatic rings. The Bertz CT molecular complexity index is 997. The van der Waals surface area contributed by atoms with E-state index in [0.29, 0.717) is 29.1 Å². The van der Waals surface area contributed by atoms with Crippen LogP contribution in [0, 0.1) is 5.82 Å². The molecule has 0 aliphatic carbocycles. The lowest BCUT2D eigenvalue weighted by molar-refractivity contribution is -0.904. The number of anilines is 1. The van der Waals surface area contributed by atoms with Gasteiger partial charge in [0.15, 0.2) is 0 Å². The fourth-order valence-corrected chi connectivity index (χ4v) is 5.42. The first-order chi connectivity index (χ1) is 15.5. The molecule has 0 aromatic heterocycles. The number of hydrogen-bond acceptors (Lipinski definition) is 3. The summed E-state index contributed by atoms with van der Waals surface area (Å²) in [6.07, 6.45) is 4.89. The highest BCUT2D eigenvalue weighted by Gasteiger charge is 2.26. The number of halogens is 2. The molecule has 0 radical (unpaired) electrons. The number of piperidine rings is 1. The number of nitrogens with zero attached hydrogens (tertiary/aromatic N) is 1. The van der Waals surface area contributed by atoms with E-state index in [1.165, 1.54) is 56.2 Å². The number of amides is 2. The quantitative estimate of drug-likeness (QED) is 0.603. The van der Waals surface area contributed by atoms with E-state index in [4.69, 9.17) is 11.6 Å². The van der Waals surface area contributed by atoms with Gasteiger partial charge in [0.1, 0.15) is 5.82 Å². The fourth-order valence-electron chi connectivity index (χ4n) is 4.28. The number of carbonyl (C=O) groups is 2. The standard InChI is InChI=1S/C24H27ClFN3O2S/c25-20-14-19(26)7-5-18(20)15-29-21-13-17(6-8-22(21)32-16-23(29)30)24(31)27-9-4-12-28-10-2-1-3-11-28/h5-8,13-14H,1-4,9-12,15-16H2,(H,27,31)/p+1. The Balaban J connectivity index is 1.42. The van der Waals surface area contributed by atoms with Crippen molar-refractivity contribution in [2.24, 2.45) is 0 Å². The van der Waals surface area contributed by atoms with Gasteiger partial charge < -0.3 is 15.1 Å². The maximum Gasteiger partial charge on any atom is 0.251 e. The van der Waals surface area contributed by atoms with Crippen LogP contribution >= 0.6 is 23.4 Å². The van der Waals surface area contributed by atoms with Crippen molar-refractivity contribution in [1.29, 1.82) is 0 Å². The van der Waals surface area contributed by atoms with Crippen LogP contribution in [-0.2, 0) is 11.3 Å². The number of fused-ring (bicyclic) bond motifs is 1. The third-order valence-electron chi connectivity index (χ3n) is 6.06. The molecule has 8 heteroatoms. The van der Waals surface area contributed by atoms with Gasteiger partial charge in [0.05, 0.1) is 37.6 Å². The molecule has 4 rings (SSSR count). The monoisotopic (exact) mass is 476 g/mol. The summed E-state index contributed by atoms with van der Waals surface area (Å²) in [6, 6.07) is 9.63. The molecule has 1 fully saturated rings. The van der Waals surface area contributed by atoms with Crippen LogP contribution < -0.4 is 15.1 Å². The van der Waals surface area contributed by atoms with Gasteiger partial charge in [-0.2, -0.15) is 0 Å².